The van der Waals surface area contributed by atoms with Crippen molar-refractivity contribution in [3.63, 3.8) is 0 Å². The Bertz CT molecular complexity index is 421. The second-order valence-electron chi connectivity index (χ2n) is 3.63. The summed E-state index contributed by atoms with van der Waals surface area (Å²) < 4.78 is 0. The van der Waals surface area contributed by atoms with E-state index < -0.39 is 0 Å². The summed E-state index contributed by atoms with van der Waals surface area (Å²) in [5.41, 5.74) is 0.502. The maximum Gasteiger partial charge on any atom is 0.255 e. The van der Waals surface area contributed by atoms with Crippen molar-refractivity contribution < 1.29 is 9.59 Å². The van der Waals surface area contributed by atoms with Crippen molar-refractivity contribution in [1.29, 1.82) is 0 Å². The maximum absolute atomic E-state index is 12.0. The van der Waals surface area contributed by atoms with Crippen molar-refractivity contribution in [3.8, 4) is 0 Å². The molecule has 4 nitrogen and oxygen atoms in total. The van der Waals surface area contributed by atoms with Crippen LogP contribution < -0.4 is 5.32 Å². The monoisotopic (exact) mass is 252 g/mol. The molecule has 0 aromatic heterocycles. The van der Waals surface area contributed by atoms with Crippen molar-refractivity contribution in [2.75, 3.05) is 20.1 Å². The number of benzene rings is 1. The Morgan fingerprint density at radius 1 is 1.35 bits per heavy atom. The normalized spacial score (nSPS) is 9.82. The number of amides is 2. The van der Waals surface area contributed by atoms with Crippen LogP contribution in [0.5, 0.6) is 0 Å². The number of hydrogen-bond acceptors (Lipinski definition) is 3. The summed E-state index contributed by atoms with van der Waals surface area (Å²) in [6.45, 7) is 2.45. The lowest BCUT2D eigenvalue weighted by molar-refractivity contribution is -0.121. The average molecular weight is 252 g/mol. The topological polar surface area (TPSA) is 49.4 Å². The molecule has 1 aromatic carbocycles. The molecule has 0 atom stereocenters. The Morgan fingerprint density at radius 2 is 2.00 bits per heavy atom. The second-order valence-corrected chi connectivity index (χ2v) is 4.11. The molecule has 0 aliphatic carbocycles. The number of rotatable bonds is 4. The van der Waals surface area contributed by atoms with Crippen molar-refractivity contribution in [2.45, 2.75) is 11.8 Å². The number of carbonyl (C=O) groups is 2. The van der Waals surface area contributed by atoms with E-state index in [0.717, 1.165) is 0 Å². The highest BCUT2D eigenvalue weighted by molar-refractivity contribution is 7.80. The highest BCUT2D eigenvalue weighted by Gasteiger charge is 2.16. The number of likely N-dealkylation sites (N-methyl/N-ethyl adjacent to an activating group) is 2. The number of carbonyl (C=O) groups excluding carboxylic acids is 2. The molecule has 0 aliphatic heterocycles. The van der Waals surface area contributed by atoms with Crippen LogP contribution in [-0.4, -0.2) is 36.9 Å². The number of nitrogens with one attached hydrogen (secondary N) is 1. The van der Waals surface area contributed by atoms with Gasteiger partial charge in [-0.3, -0.25) is 9.59 Å². The molecule has 0 fully saturated rings. The average Bonchev–Trinajstić information content (AvgIpc) is 2.29. The Hall–Kier alpha value is -1.49. The Labute approximate surface area is 106 Å². The fraction of sp³-hybridized carbons (Fsp3) is 0.333. The fourth-order valence-electron chi connectivity index (χ4n) is 1.40. The summed E-state index contributed by atoms with van der Waals surface area (Å²) in [5, 5.41) is 2.65. The van der Waals surface area contributed by atoms with Crippen LogP contribution in [0.2, 0.25) is 0 Å². The molecule has 0 saturated carbocycles. The first-order valence-electron chi connectivity index (χ1n) is 5.36. The quantitative estimate of drug-likeness (QED) is 0.791. The van der Waals surface area contributed by atoms with Gasteiger partial charge in [-0.2, -0.15) is 0 Å². The van der Waals surface area contributed by atoms with Gasteiger partial charge in [0.2, 0.25) is 5.91 Å². The van der Waals surface area contributed by atoms with Gasteiger partial charge >= 0.3 is 0 Å². The lowest BCUT2D eigenvalue weighted by atomic mass is 10.2. The lowest BCUT2D eigenvalue weighted by Crippen LogP contribution is -2.38. The minimum absolute atomic E-state index is 0.0504. The molecule has 1 rings (SSSR count). The standard InChI is InChI=1S/C12H16N2O2S/c1-3-13-11(15)8-14(2)12(16)9-6-4-5-7-10(9)17/h4-7,17H,3,8H2,1-2H3,(H,13,15). The van der Waals surface area contributed by atoms with Crippen LogP contribution in [0.4, 0.5) is 0 Å². The van der Waals surface area contributed by atoms with E-state index >= 15 is 0 Å². The summed E-state index contributed by atoms with van der Waals surface area (Å²) in [7, 11) is 1.60. The third kappa shape index (κ3) is 3.78. The predicted molar refractivity (Wildman–Crippen MR) is 69.3 cm³/mol. The van der Waals surface area contributed by atoms with Gasteiger partial charge in [-0.25, -0.2) is 0 Å². The first-order chi connectivity index (χ1) is 8.06. The minimum Gasteiger partial charge on any atom is -0.355 e. The van der Waals surface area contributed by atoms with Gasteiger partial charge in [-0.15, -0.1) is 12.6 Å². The summed E-state index contributed by atoms with van der Waals surface area (Å²) in [6.07, 6.45) is 0. The minimum atomic E-state index is -0.207. The largest absolute Gasteiger partial charge is 0.355 e. The Kier molecular flexibility index (Phi) is 5.03. The summed E-state index contributed by atoms with van der Waals surface area (Å²) in [6, 6.07) is 7.02. The predicted octanol–water partition coefficient (Wildman–Crippen LogP) is 1.18. The molecule has 0 aliphatic rings. The van der Waals surface area contributed by atoms with Gasteiger partial charge in [-0.1, -0.05) is 12.1 Å². The first kappa shape index (κ1) is 13.6. The van der Waals surface area contributed by atoms with Crippen LogP contribution in [0.25, 0.3) is 0 Å². The molecule has 1 N–H and O–H groups in total. The molecule has 0 heterocycles. The Balaban J connectivity index is 2.70. The summed E-state index contributed by atoms with van der Waals surface area (Å²) in [4.78, 5) is 25.3. The van der Waals surface area contributed by atoms with Crippen LogP contribution in [0.1, 0.15) is 17.3 Å². The zero-order valence-electron chi connectivity index (χ0n) is 9.93. The zero-order chi connectivity index (χ0) is 12.8. The van der Waals surface area contributed by atoms with Gasteiger partial charge in [-0.05, 0) is 19.1 Å². The third-order valence-corrected chi connectivity index (χ3v) is 2.63. The molecule has 0 radical (unpaired) electrons. The maximum atomic E-state index is 12.0. The van der Waals surface area contributed by atoms with Crippen LogP contribution in [0, 0.1) is 0 Å². The molecule has 2 amide bonds. The first-order valence-corrected chi connectivity index (χ1v) is 5.81. The van der Waals surface area contributed by atoms with E-state index in [2.05, 4.69) is 17.9 Å². The van der Waals surface area contributed by atoms with Crippen LogP contribution in [0.3, 0.4) is 0 Å². The zero-order valence-corrected chi connectivity index (χ0v) is 10.8. The molecule has 0 saturated heterocycles. The van der Waals surface area contributed by atoms with Gasteiger partial charge in [0.1, 0.15) is 0 Å². The van der Waals surface area contributed by atoms with Crippen molar-refractivity contribution >= 4 is 24.4 Å². The van der Waals surface area contributed by atoms with Crippen LogP contribution >= 0.6 is 12.6 Å². The third-order valence-electron chi connectivity index (χ3n) is 2.24. The van der Waals surface area contributed by atoms with E-state index in [1.54, 1.807) is 25.2 Å². The molecule has 1 aromatic rings. The van der Waals surface area contributed by atoms with Gasteiger partial charge in [0.25, 0.3) is 5.91 Å². The molecule has 0 unspecified atom stereocenters. The van der Waals surface area contributed by atoms with Crippen LogP contribution in [0.15, 0.2) is 29.2 Å². The van der Waals surface area contributed by atoms with Crippen LogP contribution in [-0.2, 0) is 4.79 Å². The van der Waals surface area contributed by atoms with Crippen molar-refractivity contribution in [2.24, 2.45) is 0 Å². The molecule has 0 bridgehead atoms. The number of thiol groups is 1. The van der Waals surface area contributed by atoms with E-state index in [0.29, 0.717) is 17.0 Å². The highest BCUT2D eigenvalue weighted by Crippen LogP contribution is 2.14. The van der Waals surface area contributed by atoms with Gasteiger partial charge in [0.15, 0.2) is 0 Å². The van der Waals surface area contributed by atoms with Gasteiger partial charge in [0.05, 0.1) is 12.1 Å². The van der Waals surface area contributed by atoms with Crippen molar-refractivity contribution in [3.05, 3.63) is 29.8 Å². The molecule has 92 valence electrons. The number of hydrogen-bond donors (Lipinski definition) is 2. The second kappa shape index (κ2) is 6.30. The Morgan fingerprint density at radius 3 is 2.59 bits per heavy atom. The fourth-order valence-corrected chi connectivity index (χ4v) is 1.66. The molecule has 5 heteroatoms. The highest BCUT2D eigenvalue weighted by atomic mass is 32.1. The van der Waals surface area contributed by atoms with E-state index in [9.17, 15) is 9.59 Å². The lowest BCUT2D eigenvalue weighted by Gasteiger charge is -2.17. The summed E-state index contributed by atoms with van der Waals surface area (Å²) in [5.74, 6) is -0.373. The molecule has 17 heavy (non-hydrogen) atoms. The van der Waals surface area contributed by atoms with Gasteiger partial charge < -0.3 is 10.2 Å². The van der Waals surface area contributed by atoms with E-state index in [-0.39, 0.29) is 18.4 Å². The molecule has 0 spiro atoms. The van der Waals surface area contributed by atoms with Gasteiger partial charge in [0, 0.05) is 18.5 Å². The number of nitrogens with zero attached hydrogens (tertiary/aromatic N) is 1. The van der Waals surface area contributed by atoms with E-state index in [4.69, 9.17) is 0 Å². The van der Waals surface area contributed by atoms with E-state index in [1.165, 1.54) is 4.90 Å². The summed E-state index contributed by atoms with van der Waals surface area (Å²) >= 11 is 4.22. The van der Waals surface area contributed by atoms with Crippen molar-refractivity contribution in [1.82, 2.24) is 10.2 Å². The van der Waals surface area contributed by atoms with E-state index in [1.807, 2.05) is 13.0 Å². The molecular formula is C12H16N2O2S. The molecular weight excluding hydrogens is 236 g/mol. The SMILES string of the molecule is CCNC(=O)CN(C)C(=O)c1ccccc1S. The smallest absolute Gasteiger partial charge is 0.255 e.